The molecule has 1 aromatic heterocycles. The summed E-state index contributed by atoms with van der Waals surface area (Å²) in [5, 5.41) is 8.62. The highest BCUT2D eigenvalue weighted by Crippen LogP contribution is 2.35. The molecule has 1 aromatic carbocycles. The Morgan fingerprint density at radius 2 is 1.96 bits per heavy atom. The first-order chi connectivity index (χ1) is 12.4. The van der Waals surface area contributed by atoms with Gasteiger partial charge in [0.1, 0.15) is 10.9 Å². The molecule has 2 atom stereocenters. The highest BCUT2D eigenvalue weighted by molar-refractivity contribution is 7.91. The summed E-state index contributed by atoms with van der Waals surface area (Å²) < 4.78 is 30.4. The summed E-state index contributed by atoms with van der Waals surface area (Å²) >= 11 is 1.47. The molecule has 0 radical (unpaired) electrons. The number of benzene rings is 1. The monoisotopic (exact) mass is 389 g/mol. The number of nitriles is 1. The summed E-state index contributed by atoms with van der Waals surface area (Å²) in [6.45, 7) is 4.68. The molecule has 6 heteroatoms. The van der Waals surface area contributed by atoms with Crippen LogP contribution < -0.4 is 0 Å². The lowest BCUT2D eigenvalue weighted by Gasteiger charge is -2.32. The molecule has 1 aliphatic rings. The normalized spacial score (nSPS) is 20.8. The van der Waals surface area contributed by atoms with E-state index in [4.69, 9.17) is 10.00 Å². The van der Waals surface area contributed by atoms with Gasteiger partial charge in [-0.25, -0.2) is 8.42 Å². The molecule has 0 aliphatic carbocycles. The van der Waals surface area contributed by atoms with Crippen molar-refractivity contribution in [3.63, 3.8) is 0 Å². The van der Waals surface area contributed by atoms with Crippen molar-refractivity contribution >= 4 is 21.2 Å². The lowest BCUT2D eigenvalue weighted by Crippen LogP contribution is -2.33. The second-order valence-electron chi connectivity index (χ2n) is 7.01. The smallest absolute Gasteiger partial charge is 0.152 e. The van der Waals surface area contributed by atoms with E-state index in [1.54, 1.807) is 13.8 Å². The molecule has 26 heavy (non-hydrogen) atoms. The molecular weight excluding hydrogens is 366 g/mol. The molecular formula is C20H23NO3S2. The van der Waals surface area contributed by atoms with Gasteiger partial charge in [0, 0.05) is 17.4 Å². The van der Waals surface area contributed by atoms with Crippen molar-refractivity contribution in [2.75, 3.05) is 19.0 Å². The number of nitrogens with zero attached hydrogens (tertiary/aromatic N) is 1. The maximum Gasteiger partial charge on any atom is 0.152 e. The first kappa shape index (κ1) is 19.1. The average molecular weight is 390 g/mol. The molecule has 0 bridgehead atoms. The maximum absolute atomic E-state index is 12.4. The SMILES string of the molecule is CC(C)S(=O)(=O)C[C@@H]1CCOC[C@H]1c1ccc(-c2ccc(C#N)s2)cc1. The van der Waals surface area contributed by atoms with Crippen LogP contribution in [0.4, 0.5) is 0 Å². The Morgan fingerprint density at radius 1 is 1.23 bits per heavy atom. The summed E-state index contributed by atoms with van der Waals surface area (Å²) in [5.41, 5.74) is 2.19. The minimum absolute atomic E-state index is 0.0916. The van der Waals surface area contributed by atoms with Crippen LogP contribution in [0.2, 0.25) is 0 Å². The van der Waals surface area contributed by atoms with Crippen molar-refractivity contribution in [1.82, 2.24) is 0 Å². The largest absolute Gasteiger partial charge is 0.381 e. The van der Waals surface area contributed by atoms with E-state index in [2.05, 4.69) is 18.2 Å². The summed E-state index contributed by atoms with van der Waals surface area (Å²) in [6, 6.07) is 14.2. The molecule has 0 N–H and O–H groups in total. The van der Waals surface area contributed by atoms with Gasteiger partial charge in [0.25, 0.3) is 0 Å². The lowest BCUT2D eigenvalue weighted by atomic mass is 9.84. The van der Waals surface area contributed by atoms with Gasteiger partial charge in [-0.15, -0.1) is 11.3 Å². The third-order valence-corrected chi connectivity index (χ3v) is 8.37. The van der Waals surface area contributed by atoms with Gasteiger partial charge in [0.05, 0.1) is 17.6 Å². The molecule has 1 saturated heterocycles. The van der Waals surface area contributed by atoms with Crippen LogP contribution in [-0.4, -0.2) is 32.6 Å². The Kier molecular flexibility index (Phi) is 5.81. The topological polar surface area (TPSA) is 67.2 Å². The second-order valence-corrected chi connectivity index (χ2v) is 10.7. The number of thiophene rings is 1. The molecule has 0 spiro atoms. The van der Waals surface area contributed by atoms with E-state index in [0.717, 1.165) is 22.4 Å². The highest BCUT2D eigenvalue weighted by Gasteiger charge is 2.32. The van der Waals surface area contributed by atoms with Crippen LogP contribution >= 0.6 is 11.3 Å². The third kappa shape index (κ3) is 4.17. The zero-order chi connectivity index (χ0) is 18.7. The van der Waals surface area contributed by atoms with Gasteiger partial charge in [0.15, 0.2) is 9.84 Å². The highest BCUT2D eigenvalue weighted by atomic mass is 32.2. The van der Waals surface area contributed by atoms with Crippen LogP contribution in [0.15, 0.2) is 36.4 Å². The van der Waals surface area contributed by atoms with Gasteiger partial charge in [-0.3, -0.25) is 0 Å². The maximum atomic E-state index is 12.4. The van der Waals surface area contributed by atoms with Crippen molar-refractivity contribution in [2.45, 2.75) is 31.4 Å². The molecule has 0 unspecified atom stereocenters. The van der Waals surface area contributed by atoms with E-state index in [1.807, 2.05) is 24.3 Å². The Labute approximate surface area is 159 Å². The van der Waals surface area contributed by atoms with Gasteiger partial charge >= 0.3 is 0 Å². The van der Waals surface area contributed by atoms with Crippen LogP contribution in [0.1, 0.15) is 36.6 Å². The van der Waals surface area contributed by atoms with Crippen molar-refractivity contribution in [3.05, 3.63) is 46.8 Å². The molecule has 2 heterocycles. The van der Waals surface area contributed by atoms with Crippen LogP contribution in [-0.2, 0) is 14.6 Å². The van der Waals surface area contributed by atoms with Gasteiger partial charge in [-0.05, 0) is 49.4 Å². The van der Waals surface area contributed by atoms with Gasteiger partial charge in [-0.2, -0.15) is 5.26 Å². The van der Waals surface area contributed by atoms with Crippen molar-refractivity contribution < 1.29 is 13.2 Å². The predicted octanol–water partition coefficient (Wildman–Crippen LogP) is 4.23. The zero-order valence-corrected chi connectivity index (χ0v) is 16.6. The van der Waals surface area contributed by atoms with Gasteiger partial charge in [-0.1, -0.05) is 24.3 Å². The quantitative estimate of drug-likeness (QED) is 0.767. The van der Waals surface area contributed by atoms with E-state index in [0.29, 0.717) is 18.1 Å². The number of sulfone groups is 1. The molecule has 1 fully saturated rings. The minimum Gasteiger partial charge on any atom is -0.381 e. The fraction of sp³-hybridized carbons (Fsp3) is 0.450. The number of hydrogen-bond acceptors (Lipinski definition) is 5. The van der Waals surface area contributed by atoms with E-state index >= 15 is 0 Å². The van der Waals surface area contributed by atoms with E-state index < -0.39 is 9.84 Å². The third-order valence-electron chi connectivity index (χ3n) is 5.00. The van der Waals surface area contributed by atoms with Crippen LogP contribution in [0, 0.1) is 17.2 Å². The summed E-state index contributed by atoms with van der Waals surface area (Å²) in [7, 11) is -3.07. The minimum atomic E-state index is -3.07. The number of rotatable bonds is 5. The first-order valence-electron chi connectivity index (χ1n) is 8.80. The predicted molar refractivity (Wildman–Crippen MR) is 105 cm³/mol. The van der Waals surface area contributed by atoms with Crippen molar-refractivity contribution in [2.24, 2.45) is 5.92 Å². The summed E-state index contributed by atoms with van der Waals surface area (Å²) in [5.74, 6) is 0.412. The molecule has 4 nitrogen and oxygen atoms in total. The van der Waals surface area contributed by atoms with E-state index in [9.17, 15) is 8.42 Å². The lowest BCUT2D eigenvalue weighted by molar-refractivity contribution is 0.0531. The fourth-order valence-corrected chi connectivity index (χ4v) is 5.48. The fourth-order valence-electron chi connectivity index (χ4n) is 3.29. The summed E-state index contributed by atoms with van der Waals surface area (Å²) in [6.07, 6.45) is 0.773. The molecule has 3 rings (SSSR count). The number of ether oxygens (including phenoxy) is 1. The molecule has 2 aromatic rings. The van der Waals surface area contributed by atoms with Crippen LogP contribution in [0.3, 0.4) is 0 Å². The van der Waals surface area contributed by atoms with Crippen molar-refractivity contribution in [3.8, 4) is 16.5 Å². The number of hydrogen-bond donors (Lipinski definition) is 0. The average Bonchev–Trinajstić information content (AvgIpc) is 3.11. The summed E-state index contributed by atoms with van der Waals surface area (Å²) in [4.78, 5) is 1.76. The first-order valence-corrected chi connectivity index (χ1v) is 11.3. The second kappa shape index (κ2) is 7.91. The van der Waals surface area contributed by atoms with Crippen LogP contribution in [0.5, 0.6) is 0 Å². The van der Waals surface area contributed by atoms with Gasteiger partial charge in [0.2, 0.25) is 0 Å². The standard InChI is InChI=1S/C20H23NO3S2/c1-14(2)26(22,23)13-17-9-10-24-12-19(17)15-3-5-16(6-4-15)20-8-7-18(11-21)25-20/h3-8,14,17,19H,9-10,12-13H2,1-2H3/t17-,19-/m0/s1. The van der Waals surface area contributed by atoms with E-state index in [-0.39, 0.29) is 22.8 Å². The molecule has 0 amide bonds. The van der Waals surface area contributed by atoms with Crippen molar-refractivity contribution in [1.29, 1.82) is 5.26 Å². The van der Waals surface area contributed by atoms with Gasteiger partial charge < -0.3 is 4.74 Å². The Morgan fingerprint density at radius 3 is 2.58 bits per heavy atom. The molecule has 1 aliphatic heterocycles. The molecule has 138 valence electrons. The Bertz CT molecular complexity index is 892. The zero-order valence-electron chi connectivity index (χ0n) is 15.0. The Hall–Kier alpha value is -1.68. The molecule has 0 saturated carbocycles. The van der Waals surface area contributed by atoms with Crippen LogP contribution in [0.25, 0.3) is 10.4 Å². The van der Waals surface area contributed by atoms with E-state index in [1.165, 1.54) is 11.3 Å². The Balaban J connectivity index is 1.81.